The number of rotatable bonds is 4. The Hall–Kier alpha value is -1.53. The van der Waals surface area contributed by atoms with E-state index in [1.54, 1.807) is 11.3 Å². The summed E-state index contributed by atoms with van der Waals surface area (Å²) in [4.78, 5) is 7.46. The van der Waals surface area contributed by atoms with Crippen LogP contribution in [0.3, 0.4) is 0 Å². The number of aromatic nitrogens is 1. The van der Waals surface area contributed by atoms with Gasteiger partial charge in [-0.05, 0) is 12.1 Å². The second kappa shape index (κ2) is 5.22. The predicted molar refractivity (Wildman–Crippen MR) is 68.2 cm³/mol. The highest BCUT2D eigenvalue weighted by Gasteiger charge is 2.28. The van der Waals surface area contributed by atoms with E-state index in [2.05, 4.69) is 9.88 Å². The molecule has 1 aromatic carbocycles. The van der Waals surface area contributed by atoms with E-state index in [1.807, 2.05) is 11.7 Å². The van der Waals surface area contributed by atoms with Crippen molar-refractivity contribution >= 4 is 11.3 Å². The van der Waals surface area contributed by atoms with Crippen LogP contribution in [0.4, 0.5) is 8.78 Å². The van der Waals surface area contributed by atoms with Crippen molar-refractivity contribution in [2.75, 3.05) is 13.1 Å². The van der Waals surface area contributed by atoms with Crippen molar-refractivity contribution in [3.63, 3.8) is 0 Å². The van der Waals surface area contributed by atoms with Crippen LogP contribution in [-0.4, -0.2) is 29.1 Å². The number of ether oxygens (including phenoxy) is 1. The Morgan fingerprint density at radius 1 is 1.32 bits per heavy atom. The van der Waals surface area contributed by atoms with Gasteiger partial charge in [-0.15, -0.1) is 11.3 Å². The number of hydrogen-bond donors (Lipinski definition) is 0. The summed E-state index contributed by atoms with van der Waals surface area (Å²) in [6, 6.07) is 3.61. The highest BCUT2D eigenvalue weighted by Crippen LogP contribution is 2.22. The summed E-state index contributed by atoms with van der Waals surface area (Å²) in [7, 11) is 0. The van der Waals surface area contributed by atoms with Crippen LogP contribution in [0.2, 0.25) is 0 Å². The van der Waals surface area contributed by atoms with E-state index in [0.29, 0.717) is 5.75 Å². The molecule has 0 unspecified atom stereocenters. The average Bonchev–Trinajstić information content (AvgIpc) is 2.84. The Morgan fingerprint density at radius 3 is 2.84 bits per heavy atom. The van der Waals surface area contributed by atoms with Crippen LogP contribution in [0.15, 0.2) is 29.9 Å². The molecule has 1 aliphatic heterocycles. The van der Waals surface area contributed by atoms with E-state index in [9.17, 15) is 8.78 Å². The Labute approximate surface area is 113 Å². The molecule has 0 aliphatic carbocycles. The van der Waals surface area contributed by atoms with Crippen LogP contribution in [0, 0.1) is 11.6 Å². The van der Waals surface area contributed by atoms with Gasteiger partial charge in [0, 0.05) is 36.8 Å². The molecule has 2 aromatic rings. The van der Waals surface area contributed by atoms with Gasteiger partial charge in [0.25, 0.3) is 0 Å². The summed E-state index contributed by atoms with van der Waals surface area (Å²) in [5.74, 6) is -1.35. The molecule has 0 saturated carbocycles. The minimum Gasteiger partial charge on any atom is -0.488 e. The minimum absolute atomic E-state index is 0.0396. The summed E-state index contributed by atoms with van der Waals surface area (Å²) in [6.45, 7) is 2.44. The lowest BCUT2D eigenvalue weighted by Gasteiger charge is -2.38. The molecule has 1 saturated heterocycles. The van der Waals surface area contributed by atoms with Crippen molar-refractivity contribution in [1.29, 1.82) is 0 Å². The van der Waals surface area contributed by atoms with Crippen LogP contribution in [0.5, 0.6) is 5.75 Å². The lowest BCUT2D eigenvalue weighted by Crippen LogP contribution is -2.52. The zero-order chi connectivity index (χ0) is 13.2. The first-order valence-corrected chi connectivity index (χ1v) is 6.80. The predicted octanol–water partition coefficient (Wildman–Crippen LogP) is 2.68. The quantitative estimate of drug-likeness (QED) is 0.862. The molecule has 6 heteroatoms. The van der Waals surface area contributed by atoms with Crippen molar-refractivity contribution in [2.24, 2.45) is 0 Å². The first-order valence-electron chi connectivity index (χ1n) is 5.92. The van der Waals surface area contributed by atoms with Gasteiger partial charge in [0.1, 0.15) is 11.9 Å². The van der Waals surface area contributed by atoms with Crippen molar-refractivity contribution < 1.29 is 13.5 Å². The van der Waals surface area contributed by atoms with E-state index in [4.69, 9.17) is 4.74 Å². The molecular formula is C13H12F2N2OS. The van der Waals surface area contributed by atoms with Crippen LogP contribution >= 0.6 is 11.3 Å². The second-order valence-electron chi connectivity index (χ2n) is 4.48. The molecule has 0 N–H and O–H groups in total. The molecule has 19 heavy (non-hydrogen) atoms. The molecule has 100 valence electrons. The molecular weight excluding hydrogens is 270 g/mol. The second-order valence-corrected chi connectivity index (χ2v) is 5.45. The van der Waals surface area contributed by atoms with E-state index in [1.165, 1.54) is 10.9 Å². The number of thiazole rings is 1. The van der Waals surface area contributed by atoms with Gasteiger partial charge in [-0.2, -0.15) is 0 Å². The average molecular weight is 282 g/mol. The van der Waals surface area contributed by atoms with Crippen LogP contribution in [-0.2, 0) is 6.54 Å². The molecule has 2 heterocycles. The number of benzene rings is 1. The van der Waals surface area contributed by atoms with Gasteiger partial charge in [-0.3, -0.25) is 9.88 Å². The van der Waals surface area contributed by atoms with Gasteiger partial charge < -0.3 is 4.74 Å². The van der Waals surface area contributed by atoms with Gasteiger partial charge in [-0.1, -0.05) is 0 Å². The number of halogens is 2. The standard InChI is InChI=1S/C13H12F2N2OS/c14-12-2-1-9(3-13(12)15)18-10-5-17(6-10)7-11-4-16-8-19-11/h1-4,8,10H,5-7H2. The molecule has 0 radical (unpaired) electrons. The van der Waals surface area contributed by atoms with Crippen LogP contribution in [0.25, 0.3) is 0 Å². The largest absolute Gasteiger partial charge is 0.488 e. The number of hydrogen-bond acceptors (Lipinski definition) is 4. The van der Waals surface area contributed by atoms with Gasteiger partial charge in [0.2, 0.25) is 0 Å². The third kappa shape index (κ3) is 2.90. The summed E-state index contributed by atoms with van der Waals surface area (Å²) in [5, 5.41) is 0. The first-order chi connectivity index (χ1) is 9.20. The summed E-state index contributed by atoms with van der Waals surface area (Å²) >= 11 is 1.62. The molecule has 1 aromatic heterocycles. The summed E-state index contributed by atoms with van der Waals surface area (Å²) in [6.07, 6.45) is 1.89. The third-order valence-corrected chi connectivity index (χ3v) is 3.74. The Bertz CT molecular complexity index is 556. The maximum Gasteiger partial charge on any atom is 0.162 e. The van der Waals surface area contributed by atoms with Gasteiger partial charge in [-0.25, -0.2) is 8.78 Å². The van der Waals surface area contributed by atoms with E-state index in [0.717, 1.165) is 31.8 Å². The normalized spacial score (nSPS) is 16.3. The maximum atomic E-state index is 13.0. The smallest absolute Gasteiger partial charge is 0.162 e. The van der Waals surface area contributed by atoms with Crippen molar-refractivity contribution in [2.45, 2.75) is 12.6 Å². The van der Waals surface area contributed by atoms with Crippen LogP contribution in [0.1, 0.15) is 4.88 Å². The zero-order valence-electron chi connectivity index (χ0n) is 10.1. The number of nitrogens with zero attached hydrogens (tertiary/aromatic N) is 2. The summed E-state index contributed by atoms with van der Waals surface area (Å²) in [5.41, 5.74) is 1.81. The highest BCUT2D eigenvalue weighted by atomic mass is 32.1. The maximum absolute atomic E-state index is 13.0. The topological polar surface area (TPSA) is 25.4 Å². The fourth-order valence-electron chi connectivity index (χ4n) is 2.01. The minimum atomic E-state index is -0.877. The zero-order valence-corrected chi connectivity index (χ0v) is 10.9. The molecule has 0 bridgehead atoms. The van der Waals surface area contributed by atoms with Crippen molar-refractivity contribution in [3.8, 4) is 5.75 Å². The molecule has 3 rings (SSSR count). The first kappa shape index (κ1) is 12.5. The SMILES string of the molecule is Fc1ccc(OC2CN(Cc3cncs3)C2)cc1F. The van der Waals surface area contributed by atoms with E-state index in [-0.39, 0.29) is 6.10 Å². The summed E-state index contributed by atoms with van der Waals surface area (Å²) < 4.78 is 31.3. The Kier molecular flexibility index (Phi) is 3.44. The van der Waals surface area contributed by atoms with E-state index >= 15 is 0 Å². The molecule has 1 fully saturated rings. The molecule has 0 spiro atoms. The van der Waals surface area contributed by atoms with Crippen molar-refractivity contribution in [3.05, 3.63) is 46.4 Å². The number of likely N-dealkylation sites (tertiary alicyclic amines) is 1. The van der Waals surface area contributed by atoms with Gasteiger partial charge in [0.05, 0.1) is 5.51 Å². The Balaban J connectivity index is 1.49. The Morgan fingerprint density at radius 2 is 2.16 bits per heavy atom. The highest BCUT2D eigenvalue weighted by molar-refractivity contribution is 7.09. The molecule has 3 nitrogen and oxygen atoms in total. The fourth-order valence-corrected chi connectivity index (χ4v) is 2.65. The van der Waals surface area contributed by atoms with E-state index < -0.39 is 11.6 Å². The monoisotopic (exact) mass is 282 g/mol. The fraction of sp³-hybridized carbons (Fsp3) is 0.308. The molecule has 0 amide bonds. The lowest BCUT2D eigenvalue weighted by molar-refractivity contribution is 0.0149. The van der Waals surface area contributed by atoms with Gasteiger partial charge in [0.15, 0.2) is 11.6 Å². The van der Waals surface area contributed by atoms with Gasteiger partial charge >= 0.3 is 0 Å². The van der Waals surface area contributed by atoms with Crippen LogP contribution < -0.4 is 4.74 Å². The van der Waals surface area contributed by atoms with Crippen molar-refractivity contribution in [1.82, 2.24) is 9.88 Å². The lowest BCUT2D eigenvalue weighted by atomic mass is 10.1. The third-order valence-electron chi connectivity index (χ3n) is 2.98. The molecule has 1 aliphatic rings. The molecule has 0 atom stereocenters.